The lowest BCUT2D eigenvalue weighted by Gasteiger charge is -2.19. The first-order chi connectivity index (χ1) is 8.57. The summed E-state index contributed by atoms with van der Waals surface area (Å²) in [6.45, 7) is 6.28. The van der Waals surface area contributed by atoms with Gasteiger partial charge in [-0.2, -0.15) is 0 Å². The molecule has 0 bridgehead atoms. The van der Waals surface area contributed by atoms with Crippen LogP contribution in [0.5, 0.6) is 0 Å². The summed E-state index contributed by atoms with van der Waals surface area (Å²) in [5, 5.41) is 12.7. The van der Waals surface area contributed by atoms with Crippen LogP contribution in [0, 0.1) is 0 Å². The van der Waals surface area contributed by atoms with Crippen LogP contribution < -0.4 is 0 Å². The molecular formula is C12H17N5S. The summed E-state index contributed by atoms with van der Waals surface area (Å²) >= 11 is 1.68. The largest absolute Gasteiger partial charge is 0.265 e. The van der Waals surface area contributed by atoms with Crippen LogP contribution in [-0.4, -0.2) is 30.9 Å². The standard InChI is InChI=1S/C12H17N5S/c1-12(2,3)17-11(14-15-16-17)18-9-6-10-4-7-13-8-5-10/h4-5,7-8H,6,9H2,1-3H3. The summed E-state index contributed by atoms with van der Waals surface area (Å²) in [6, 6.07) is 4.07. The fourth-order valence-corrected chi connectivity index (χ4v) is 2.55. The molecule has 5 nitrogen and oxygen atoms in total. The minimum Gasteiger partial charge on any atom is -0.265 e. The van der Waals surface area contributed by atoms with Gasteiger partial charge in [-0.1, -0.05) is 11.8 Å². The van der Waals surface area contributed by atoms with Gasteiger partial charge < -0.3 is 0 Å². The Balaban J connectivity index is 1.93. The molecule has 2 aromatic heterocycles. The van der Waals surface area contributed by atoms with Crippen LogP contribution in [-0.2, 0) is 12.0 Å². The molecule has 2 heterocycles. The molecule has 0 aromatic carbocycles. The molecule has 0 saturated heterocycles. The third-order valence-corrected chi connectivity index (χ3v) is 3.37. The molecule has 0 unspecified atom stereocenters. The smallest absolute Gasteiger partial charge is 0.209 e. The molecule has 96 valence electrons. The van der Waals surface area contributed by atoms with Crippen molar-refractivity contribution in [3.8, 4) is 0 Å². The zero-order valence-electron chi connectivity index (χ0n) is 10.9. The predicted octanol–water partition coefficient (Wildman–Crippen LogP) is 2.16. The molecule has 2 aromatic rings. The fraction of sp³-hybridized carbons (Fsp3) is 0.500. The molecule has 0 atom stereocenters. The number of tetrazole rings is 1. The van der Waals surface area contributed by atoms with Crippen LogP contribution >= 0.6 is 11.8 Å². The Kier molecular flexibility index (Phi) is 3.96. The van der Waals surface area contributed by atoms with Crippen molar-refractivity contribution >= 4 is 11.8 Å². The highest BCUT2D eigenvalue weighted by Gasteiger charge is 2.19. The molecule has 0 fully saturated rings. The van der Waals surface area contributed by atoms with E-state index < -0.39 is 0 Å². The van der Waals surface area contributed by atoms with Crippen molar-refractivity contribution in [2.45, 2.75) is 37.9 Å². The SMILES string of the molecule is CC(C)(C)n1nnnc1SCCc1ccncc1. The Hall–Kier alpha value is -1.43. The Morgan fingerprint density at radius 1 is 1.22 bits per heavy atom. The van der Waals surface area contributed by atoms with Crippen LogP contribution in [0.1, 0.15) is 26.3 Å². The van der Waals surface area contributed by atoms with E-state index in [-0.39, 0.29) is 5.54 Å². The van der Waals surface area contributed by atoms with E-state index >= 15 is 0 Å². The molecule has 2 rings (SSSR count). The number of aryl methyl sites for hydroxylation is 1. The molecule has 0 aliphatic heterocycles. The zero-order chi connectivity index (χ0) is 13.0. The van der Waals surface area contributed by atoms with E-state index in [9.17, 15) is 0 Å². The molecule has 0 aliphatic carbocycles. The fourth-order valence-electron chi connectivity index (χ4n) is 1.50. The molecule has 0 N–H and O–H groups in total. The lowest BCUT2D eigenvalue weighted by atomic mass is 10.1. The van der Waals surface area contributed by atoms with Gasteiger partial charge in [0.25, 0.3) is 0 Å². The number of hydrogen-bond acceptors (Lipinski definition) is 5. The second-order valence-corrected chi connectivity index (χ2v) is 6.06. The van der Waals surface area contributed by atoms with Gasteiger partial charge in [-0.15, -0.1) is 5.10 Å². The summed E-state index contributed by atoms with van der Waals surface area (Å²) in [7, 11) is 0. The summed E-state index contributed by atoms with van der Waals surface area (Å²) in [5.41, 5.74) is 1.20. The monoisotopic (exact) mass is 263 g/mol. The number of nitrogens with zero attached hydrogens (tertiary/aromatic N) is 5. The van der Waals surface area contributed by atoms with E-state index in [1.165, 1.54) is 5.56 Å². The second kappa shape index (κ2) is 5.48. The molecule has 0 radical (unpaired) electrons. The van der Waals surface area contributed by atoms with Crippen LogP contribution in [0.3, 0.4) is 0 Å². The van der Waals surface area contributed by atoms with Crippen molar-refractivity contribution in [3.63, 3.8) is 0 Å². The zero-order valence-corrected chi connectivity index (χ0v) is 11.7. The maximum atomic E-state index is 4.07. The quantitative estimate of drug-likeness (QED) is 0.791. The summed E-state index contributed by atoms with van der Waals surface area (Å²) < 4.78 is 1.87. The van der Waals surface area contributed by atoms with Crippen LogP contribution in [0.4, 0.5) is 0 Å². The van der Waals surface area contributed by atoms with Crippen molar-refractivity contribution in [3.05, 3.63) is 30.1 Å². The third-order valence-electron chi connectivity index (χ3n) is 2.45. The Morgan fingerprint density at radius 3 is 2.61 bits per heavy atom. The number of pyridine rings is 1. The maximum Gasteiger partial charge on any atom is 0.209 e. The molecule has 0 spiro atoms. The van der Waals surface area contributed by atoms with Gasteiger partial charge in [-0.3, -0.25) is 4.98 Å². The maximum absolute atomic E-state index is 4.07. The number of thioether (sulfide) groups is 1. The first-order valence-corrected chi connectivity index (χ1v) is 6.86. The van der Waals surface area contributed by atoms with E-state index in [1.54, 1.807) is 11.8 Å². The predicted molar refractivity (Wildman–Crippen MR) is 71.5 cm³/mol. The van der Waals surface area contributed by atoms with E-state index in [1.807, 2.05) is 29.2 Å². The molecular weight excluding hydrogens is 246 g/mol. The lowest BCUT2D eigenvalue weighted by Crippen LogP contribution is -2.24. The highest BCUT2D eigenvalue weighted by molar-refractivity contribution is 7.99. The van der Waals surface area contributed by atoms with Gasteiger partial charge in [0.2, 0.25) is 5.16 Å². The Bertz CT molecular complexity index is 489. The molecule has 6 heteroatoms. The first kappa shape index (κ1) is 13.0. The van der Waals surface area contributed by atoms with Gasteiger partial charge in [-0.25, -0.2) is 4.68 Å². The lowest BCUT2D eigenvalue weighted by molar-refractivity contribution is 0.321. The Labute approximate surface area is 111 Å². The normalized spacial score (nSPS) is 11.7. The summed E-state index contributed by atoms with van der Waals surface area (Å²) in [4.78, 5) is 4.01. The van der Waals surface area contributed by atoms with E-state index in [2.05, 4.69) is 41.3 Å². The first-order valence-electron chi connectivity index (χ1n) is 5.88. The minimum atomic E-state index is -0.0809. The number of aromatic nitrogens is 5. The minimum absolute atomic E-state index is 0.0809. The number of hydrogen-bond donors (Lipinski definition) is 0. The highest BCUT2D eigenvalue weighted by Crippen LogP contribution is 2.21. The van der Waals surface area contributed by atoms with Gasteiger partial charge in [0.05, 0.1) is 5.54 Å². The summed E-state index contributed by atoms with van der Waals surface area (Å²) in [5.74, 6) is 0.959. The molecule has 0 aliphatic rings. The van der Waals surface area contributed by atoms with Crippen molar-refractivity contribution in [1.82, 2.24) is 25.2 Å². The van der Waals surface area contributed by atoms with Gasteiger partial charge in [-0.05, 0) is 55.3 Å². The molecule has 18 heavy (non-hydrogen) atoms. The van der Waals surface area contributed by atoms with E-state index in [0.717, 1.165) is 17.3 Å². The highest BCUT2D eigenvalue weighted by atomic mass is 32.2. The van der Waals surface area contributed by atoms with Gasteiger partial charge in [0.1, 0.15) is 0 Å². The van der Waals surface area contributed by atoms with Crippen LogP contribution in [0.25, 0.3) is 0 Å². The van der Waals surface area contributed by atoms with Crippen LogP contribution in [0.15, 0.2) is 29.7 Å². The Morgan fingerprint density at radius 2 is 1.94 bits per heavy atom. The van der Waals surface area contributed by atoms with Crippen molar-refractivity contribution < 1.29 is 0 Å². The summed E-state index contributed by atoms with van der Waals surface area (Å²) in [6.07, 6.45) is 4.63. The van der Waals surface area contributed by atoms with Crippen LogP contribution in [0.2, 0.25) is 0 Å². The van der Waals surface area contributed by atoms with Gasteiger partial charge in [0.15, 0.2) is 0 Å². The van der Waals surface area contributed by atoms with E-state index in [4.69, 9.17) is 0 Å². The van der Waals surface area contributed by atoms with Gasteiger partial charge in [0, 0.05) is 18.1 Å². The van der Waals surface area contributed by atoms with Crippen molar-refractivity contribution in [1.29, 1.82) is 0 Å². The third kappa shape index (κ3) is 3.29. The van der Waals surface area contributed by atoms with Gasteiger partial charge >= 0.3 is 0 Å². The van der Waals surface area contributed by atoms with E-state index in [0.29, 0.717) is 0 Å². The van der Waals surface area contributed by atoms with Crippen molar-refractivity contribution in [2.24, 2.45) is 0 Å². The number of rotatable bonds is 4. The average Bonchev–Trinajstić information content (AvgIpc) is 2.78. The second-order valence-electron chi connectivity index (χ2n) is 5.00. The molecule has 0 amide bonds. The molecule has 0 saturated carbocycles. The topological polar surface area (TPSA) is 56.5 Å². The van der Waals surface area contributed by atoms with Crippen molar-refractivity contribution in [2.75, 3.05) is 5.75 Å². The average molecular weight is 263 g/mol.